The van der Waals surface area contributed by atoms with Crippen LogP contribution in [0.2, 0.25) is 0 Å². The molecule has 0 aliphatic heterocycles. The molecule has 7 heteroatoms. The van der Waals surface area contributed by atoms with E-state index in [4.69, 9.17) is 0 Å². The fourth-order valence-corrected chi connectivity index (χ4v) is 4.30. The molecule has 0 fully saturated rings. The topological polar surface area (TPSA) is 37.8 Å². The second-order valence-corrected chi connectivity index (χ2v) is 7.69. The monoisotopic (exact) mass is 395 g/mol. The average molecular weight is 397 g/mol. The van der Waals surface area contributed by atoms with Gasteiger partial charge in [0.1, 0.15) is 5.01 Å². The van der Waals surface area contributed by atoms with Crippen molar-refractivity contribution in [2.75, 3.05) is 6.54 Å². The Bertz CT molecular complexity index is 490. The molecule has 2 heterocycles. The highest BCUT2D eigenvalue weighted by Gasteiger charge is 2.14. The van der Waals surface area contributed by atoms with Crippen LogP contribution in [0.1, 0.15) is 24.9 Å². The molecule has 92 valence electrons. The van der Waals surface area contributed by atoms with Crippen molar-refractivity contribution in [1.29, 1.82) is 0 Å². The van der Waals surface area contributed by atoms with E-state index in [0.29, 0.717) is 0 Å². The van der Waals surface area contributed by atoms with Gasteiger partial charge in [-0.05, 0) is 51.4 Å². The van der Waals surface area contributed by atoms with Crippen LogP contribution in [-0.2, 0) is 0 Å². The number of aromatic nitrogens is 2. The normalized spacial score (nSPS) is 12.9. The van der Waals surface area contributed by atoms with E-state index in [9.17, 15) is 0 Å². The molecule has 1 atom stereocenters. The number of nitrogens with one attached hydrogen (secondary N) is 1. The molecule has 0 saturated heterocycles. The summed E-state index contributed by atoms with van der Waals surface area (Å²) < 4.78 is 2.15. The molecule has 1 unspecified atom stereocenters. The van der Waals surface area contributed by atoms with Crippen LogP contribution in [0.15, 0.2) is 14.3 Å². The summed E-state index contributed by atoms with van der Waals surface area (Å²) in [7, 11) is 0. The van der Waals surface area contributed by atoms with Crippen LogP contribution in [0, 0.1) is 0 Å². The Morgan fingerprint density at radius 2 is 2.12 bits per heavy atom. The molecule has 0 radical (unpaired) electrons. The highest BCUT2D eigenvalue weighted by molar-refractivity contribution is 9.13. The van der Waals surface area contributed by atoms with Gasteiger partial charge in [0.2, 0.25) is 0 Å². The number of nitrogens with zero attached hydrogens (tertiary/aromatic N) is 2. The molecule has 0 aliphatic rings. The lowest BCUT2D eigenvalue weighted by Crippen LogP contribution is -2.17. The Morgan fingerprint density at radius 1 is 1.35 bits per heavy atom. The molecule has 2 rings (SSSR count). The van der Waals surface area contributed by atoms with Crippen LogP contribution in [-0.4, -0.2) is 16.7 Å². The van der Waals surface area contributed by atoms with Crippen LogP contribution in [0.5, 0.6) is 0 Å². The Hall–Kier alpha value is 0.180. The number of hydrogen-bond acceptors (Lipinski definition) is 5. The maximum Gasteiger partial charge on any atom is 0.157 e. The highest BCUT2D eigenvalue weighted by atomic mass is 79.9. The van der Waals surface area contributed by atoms with Gasteiger partial charge in [-0.25, -0.2) is 0 Å². The molecular formula is C10H11Br2N3S2. The maximum absolute atomic E-state index is 4.24. The smallest absolute Gasteiger partial charge is 0.157 e. The summed E-state index contributed by atoms with van der Waals surface area (Å²) in [4.78, 5) is 1.14. The van der Waals surface area contributed by atoms with Gasteiger partial charge in [-0.2, -0.15) is 0 Å². The van der Waals surface area contributed by atoms with Gasteiger partial charge in [0.25, 0.3) is 0 Å². The molecular weight excluding hydrogens is 386 g/mol. The molecule has 0 aliphatic carbocycles. The lowest BCUT2D eigenvalue weighted by Gasteiger charge is -2.06. The Morgan fingerprint density at radius 3 is 2.71 bits per heavy atom. The van der Waals surface area contributed by atoms with Crippen LogP contribution >= 0.6 is 54.5 Å². The third-order valence-corrected chi connectivity index (χ3v) is 6.71. The van der Waals surface area contributed by atoms with Crippen molar-refractivity contribution < 1.29 is 0 Å². The summed E-state index contributed by atoms with van der Waals surface area (Å²) in [6.45, 7) is 5.13. The SMILES string of the molecule is CCNC(C)c1nnc(-c2cc(Br)c(Br)s2)s1. The molecule has 0 bridgehead atoms. The quantitative estimate of drug-likeness (QED) is 0.828. The Labute approximate surface area is 125 Å². The molecule has 0 amide bonds. The van der Waals surface area contributed by atoms with Crippen LogP contribution in [0.4, 0.5) is 0 Å². The molecule has 2 aromatic rings. The van der Waals surface area contributed by atoms with Crippen molar-refractivity contribution in [2.24, 2.45) is 0 Å². The lowest BCUT2D eigenvalue weighted by molar-refractivity contribution is 0.590. The van der Waals surface area contributed by atoms with E-state index in [0.717, 1.165) is 29.7 Å². The largest absolute Gasteiger partial charge is 0.308 e. The minimum Gasteiger partial charge on any atom is -0.308 e. The van der Waals surface area contributed by atoms with Gasteiger partial charge in [-0.1, -0.05) is 18.3 Å². The van der Waals surface area contributed by atoms with Crippen molar-refractivity contribution in [1.82, 2.24) is 15.5 Å². The van der Waals surface area contributed by atoms with E-state index in [1.807, 2.05) is 0 Å². The van der Waals surface area contributed by atoms with Gasteiger partial charge >= 0.3 is 0 Å². The van der Waals surface area contributed by atoms with E-state index < -0.39 is 0 Å². The zero-order valence-corrected chi connectivity index (χ0v) is 14.1. The fourth-order valence-electron chi connectivity index (χ4n) is 1.35. The third kappa shape index (κ3) is 3.14. The van der Waals surface area contributed by atoms with Crippen molar-refractivity contribution in [3.63, 3.8) is 0 Å². The summed E-state index contributed by atoms with van der Waals surface area (Å²) in [5.74, 6) is 0. The van der Waals surface area contributed by atoms with E-state index >= 15 is 0 Å². The summed E-state index contributed by atoms with van der Waals surface area (Å²) in [5, 5.41) is 13.8. The van der Waals surface area contributed by atoms with Gasteiger partial charge in [0.15, 0.2) is 5.01 Å². The average Bonchev–Trinajstić information content (AvgIpc) is 2.87. The summed E-state index contributed by atoms with van der Waals surface area (Å²) >= 11 is 10.3. The van der Waals surface area contributed by atoms with E-state index in [2.05, 4.69) is 67.3 Å². The molecule has 0 spiro atoms. The van der Waals surface area contributed by atoms with E-state index in [-0.39, 0.29) is 6.04 Å². The zero-order valence-electron chi connectivity index (χ0n) is 9.33. The number of rotatable bonds is 4. The first kappa shape index (κ1) is 13.6. The molecule has 1 N–H and O–H groups in total. The summed E-state index contributed by atoms with van der Waals surface area (Å²) in [6.07, 6.45) is 0. The minimum absolute atomic E-state index is 0.262. The molecule has 0 aromatic carbocycles. The highest BCUT2D eigenvalue weighted by Crippen LogP contribution is 2.39. The summed E-state index contributed by atoms with van der Waals surface area (Å²) in [6, 6.07) is 2.33. The second kappa shape index (κ2) is 5.88. The van der Waals surface area contributed by atoms with Crippen LogP contribution in [0.25, 0.3) is 9.88 Å². The van der Waals surface area contributed by atoms with Crippen molar-refractivity contribution >= 4 is 54.5 Å². The number of hydrogen-bond donors (Lipinski definition) is 1. The Balaban J connectivity index is 2.23. The van der Waals surface area contributed by atoms with E-state index in [1.165, 1.54) is 0 Å². The first-order chi connectivity index (χ1) is 8.11. The van der Waals surface area contributed by atoms with Crippen molar-refractivity contribution in [3.8, 4) is 9.88 Å². The Kier molecular flexibility index (Phi) is 4.71. The molecule has 17 heavy (non-hydrogen) atoms. The number of halogens is 2. The van der Waals surface area contributed by atoms with E-state index in [1.54, 1.807) is 22.7 Å². The minimum atomic E-state index is 0.262. The van der Waals surface area contributed by atoms with Crippen LogP contribution in [0.3, 0.4) is 0 Å². The molecule has 0 saturated carbocycles. The van der Waals surface area contributed by atoms with Crippen molar-refractivity contribution in [3.05, 3.63) is 19.3 Å². The van der Waals surface area contributed by atoms with Gasteiger partial charge in [-0.15, -0.1) is 21.5 Å². The van der Waals surface area contributed by atoms with Gasteiger partial charge < -0.3 is 5.32 Å². The standard InChI is InChI=1S/C10H11Br2N3S2/c1-3-13-5(2)9-14-15-10(17-9)7-4-6(11)8(12)16-7/h4-5,13H,3H2,1-2H3. The molecule has 2 aromatic heterocycles. The maximum atomic E-state index is 4.24. The van der Waals surface area contributed by atoms with Gasteiger partial charge in [-0.3, -0.25) is 0 Å². The third-order valence-electron chi connectivity index (χ3n) is 2.18. The summed E-state index contributed by atoms with van der Waals surface area (Å²) in [5.41, 5.74) is 0. The number of thiophene rings is 1. The van der Waals surface area contributed by atoms with Crippen molar-refractivity contribution in [2.45, 2.75) is 19.9 Å². The predicted molar refractivity (Wildman–Crippen MR) is 80.7 cm³/mol. The lowest BCUT2D eigenvalue weighted by atomic mass is 10.3. The second-order valence-electron chi connectivity index (χ2n) is 3.46. The first-order valence-electron chi connectivity index (χ1n) is 5.13. The molecule has 3 nitrogen and oxygen atoms in total. The first-order valence-corrected chi connectivity index (χ1v) is 8.35. The van der Waals surface area contributed by atoms with Gasteiger partial charge in [0.05, 0.1) is 14.7 Å². The van der Waals surface area contributed by atoms with Gasteiger partial charge in [0, 0.05) is 4.47 Å². The zero-order chi connectivity index (χ0) is 12.4. The fraction of sp³-hybridized carbons (Fsp3) is 0.400. The predicted octanol–water partition coefficient (Wildman–Crippen LogP) is 4.46. The van der Waals surface area contributed by atoms with Crippen LogP contribution < -0.4 is 5.32 Å².